The molecule has 1 aromatic heterocycles. The number of nitrogens with two attached hydrogens (primary N) is 1. The van der Waals surface area contributed by atoms with Gasteiger partial charge in [-0.05, 0) is 25.8 Å². The maximum absolute atomic E-state index is 5.39. The van der Waals surface area contributed by atoms with Crippen LogP contribution in [0.2, 0.25) is 0 Å². The Morgan fingerprint density at radius 2 is 1.95 bits per heavy atom. The number of hydrazine groups is 1. The highest BCUT2D eigenvalue weighted by Crippen LogP contribution is 2.16. The molecule has 0 bridgehead atoms. The van der Waals surface area contributed by atoms with Crippen LogP contribution in [-0.2, 0) is 6.42 Å². The molecule has 0 aliphatic carbocycles. The molecule has 1 heterocycles. The topological polar surface area (TPSA) is 75.9 Å². The summed E-state index contributed by atoms with van der Waals surface area (Å²) >= 11 is 0. The van der Waals surface area contributed by atoms with E-state index in [1.165, 1.54) is 17.5 Å². The van der Waals surface area contributed by atoms with Gasteiger partial charge in [0.1, 0.15) is 18.0 Å². The Hall–Kier alpha value is -2.14. The van der Waals surface area contributed by atoms with Crippen LogP contribution >= 0.6 is 0 Å². The molecule has 0 unspecified atom stereocenters. The van der Waals surface area contributed by atoms with E-state index in [0.29, 0.717) is 5.82 Å². The van der Waals surface area contributed by atoms with Gasteiger partial charge < -0.3 is 10.7 Å². The number of nitrogen functional groups attached to an aromatic ring is 1. The van der Waals surface area contributed by atoms with Crippen LogP contribution in [0, 0.1) is 13.8 Å². The van der Waals surface area contributed by atoms with Gasteiger partial charge in [0, 0.05) is 12.1 Å². The molecule has 0 spiro atoms. The number of nitrogens with one attached hydrogen (secondary N) is 2. The fourth-order valence-corrected chi connectivity index (χ4v) is 1.97. The monoisotopic (exact) mass is 257 g/mol. The molecule has 0 aliphatic heterocycles. The summed E-state index contributed by atoms with van der Waals surface area (Å²) in [6, 6.07) is 8.51. The van der Waals surface area contributed by atoms with Crippen LogP contribution < -0.4 is 16.6 Å². The summed E-state index contributed by atoms with van der Waals surface area (Å²) in [5.41, 5.74) is 6.08. The minimum atomic E-state index is 0.646. The average molecular weight is 257 g/mol. The maximum Gasteiger partial charge on any atom is 0.148 e. The first kappa shape index (κ1) is 13.3. The number of aromatic nitrogens is 2. The van der Waals surface area contributed by atoms with E-state index in [9.17, 15) is 0 Å². The molecule has 0 radical (unpaired) electrons. The molecular formula is C14H19N5. The lowest BCUT2D eigenvalue weighted by atomic mass is 10.1. The summed E-state index contributed by atoms with van der Waals surface area (Å²) in [7, 11) is 0. The second kappa shape index (κ2) is 6.15. The summed E-state index contributed by atoms with van der Waals surface area (Å²) in [6.45, 7) is 4.86. The van der Waals surface area contributed by atoms with E-state index in [0.717, 1.165) is 24.3 Å². The van der Waals surface area contributed by atoms with Crippen LogP contribution in [0.15, 0.2) is 30.6 Å². The molecule has 0 aliphatic rings. The lowest BCUT2D eigenvalue weighted by molar-refractivity contribution is 0.988. The first-order valence-corrected chi connectivity index (χ1v) is 6.28. The van der Waals surface area contributed by atoms with Crippen molar-refractivity contribution in [1.82, 2.24) is 9.97 Å². The molecule has 5 nitrogen and oxygen atoms in total. The van der Waals surface area contributed by atoms with Crippen molar-refractivity contribution < 1.29 is 0 Å². The Bertz CT molecular complexity index is 553. The molecule has 0 saturated carbocycles. The largest absolute Gasteiger partial charge is 0.369 e. The van der Waals surface area contributed by atoms with E-state index in [1.807, 2.05) is 6.92 Å². The molecule has 0 atom stereocenters. The highest BCUT2D eigenvalue weighted by molar-refractivity contribution is 5.55. The minimum absolute atomic E-state index is 0.646. The first-order chi connectivity index (χ1) is 9.20. The maximum atomic E-state index is 5.39. The van der Waals surface area contributed by atoms with E-state index in [2.05, 4.69) is 51.9 Å². The van der Waals surface area contributed by atoms with Crippen molar-refractivity contribution in [2.24, 2.45) is 5.84 Å². The number of hydrogen-bond acceptors (Lipinski definition) is 5. The Morgan fingerprint density at radius 1 is 1.16 bits per heavy atom. The molecule has 19 heavy (non-hydrogen) atoms. The van der Waals surface area contributed by atoms with E-state index in [1.54, 1.807) is 0 Å². The smallest absolute Gasteiger partial charge is 0.148 e. The standard InChI is InChI=1S/C14H19N5/c1-10-4-3-5-12(8-10)6-7-16-13-11(2)14(19-15)18-9-17-13/h3-5,8-9H,6-7,15H2,1-2H3,(H2,16,17,18,19). The van der Waals surface area contributed by atoms with Crippen molar-refractivity contribution in [2.75, 3.05) is 17.3 Å². The molecule has 0 amide bonds. The van der Waals surface area contributed by atoms with Gasteiger partial charge in [-0.2, -0.15) is 0 Å². The minimum Gasteiger partial charge on any atom is -0.369 e. The number of hydrogen-bond donors (Lipinski definition) is 3. The van der Waals surface area contributed by atoms with Gasteiger partial charge in [-0.1, -0.05) is 29.8 Å². The zero-order chi connectivity index (χ0) is 13.7. The zero-order valence-electron chi connectivity index (χ0n) is 11.3. The summed E-state index contributed by atoms with van der Waals surface area (Å²) < 4.78 is 0. The van der Waals surface area contributed by atoms with Crippen LogP contribution in [0.3, 0.4) is 0 Å². The van der Waals surface area contributed by atoms with E-state index in [4.69, 9.17) is 5.84 Å². The van der Waals surface area contributed by atoms with E-state index < -0.39 is 0 Å². The molecule has 4 N–H and O–H groups in total. The lowest BCUT2D eigenvalue weighted by Crippen LogP contribution is -2.13. The number of rotatable bonds is 5. The lowest BCUT2D eigenvalue weighted by Gasteiger charge is -2.11. The van der Waals surface area contributed by atoms with Crippen molar-refractivity contribution in [1.29, 1.82) is 0 Å². The molecule has 1 aromatic carbocycles. The Labute approximate surface area is 113 Å². The summed E-state index contributed by atoms with van der Waals surface area (Å²) in [5, 5.41) is 3.31. The van der Waals surface area contributed by atoms with Crippen molar-refractivity contribution in [3.63, 3.8) is 0 Å². The summed E-state index contributed by atoms with van der Waals surface area (Å²) in [5.74, 6) is 6.85. The van der Waals surface area contributed by atoms with Crippen molar-refractivity contribution >= 4 is 11.6 Å². The van der Waals surface area contributed by atoms with Crippen LogP contribution in [-0.4, -0.2) is 16.5 Å². The van der Waals surface area contributed by atoms with Gasteiger partial charge in [0.05, 0.1) is 0 Å². The van der Waals surface area contributed by atoms with E-state index >= 15 is 0 Å². The van der Waals surface area contributed by atoms with Crippen molar-refractivity contribution in [3.8, 4) is 0 Å². The highest BCUT2D eigenvalue weighted by atomic mass is 15.3. The molecular weight excluding hydrogens is 238 g/mol. The Balaban J connectivity index is 1.96. The molecule has 0 fully saturated rings. The van der Waals surface area contributed by atoms with Crippen LogP contribution in [0.4, 0.5) is 11.6 Å². The predicted octanol–water partition coefficient (Wildman–Crippen LogP) is 2.03. The summed E-state index contributed by atoms with van der Waals surface area (Å²) in [6.07, 6.45) is 2.45. The third-order valence-corrected chi connectivity index (χ3v) is 3.01. The third-order valence-electron chi connectivity index (χ3n) is 3.01. The molecule has 5 heteroatoms. The Kier molecular flexibility index (Phi) is 4.30. The van der Waals surface area contributed by atoms with Gasteiger partial charge in [0.25, 0.3) is 0 Å². The predicted molar refractivity (Wildman–Crippen MR) is 78.0 cm³/mol. The highest BCUT2D eigenvalue weighted by Gasteiger charge is 2.04. The van der Waals surface area contributed by atoms with Gasteiger partial charge >= 0.3 is 0 Å². The number of aryl methyl sites for hydroxylation is 1. The van der Waals surface area contributed by atoms with E-state index in [-0.39, 0.29) is 0 Å². The number of benzene rings is 1. The Morgan fingerprint density at radius 3 is 2.68 bits per heavy atom. The number of nitrogens with zero attached hydrogens (tertiary/aromatic N) is 2. The second-order valence-electron chi connectivity index (χ2n) is 4.51. The van der Waals surface area contributed by atoms with Crippen LogP contribution in [0.1, 0.15) is 16.7 Å². The average Bonchev–Trinajstić information content (AvgIpc) is 2.41. The van der Waals surface area contributed by atoms with Crippen molar-refractivity contribution in [3.05, 3.63) is 47.3 Å². The fourth-order valence-electron chi connectivity index (χ4n) is 1.97. The summed E-state index contributed by atoms with van der Waals surface area (Å²) in [4.78, 5) is 8.27. The third kappa shape index (κ3) is 3.42. The van der Waals surface area contributed by atoms with Gasteiger partial charge in [-0.15, -0.1) is 0 Å². The molecule has 100 valence electrons. The van der Waals surface area contributed by atoms with Crippen LogP contribution in [0.5, 0.6) is 0 Å². The fraction of sp³-hybridized carbons (Fsp3) is 0.286. The molecule has 0 saturated heterocycles. The molecule has 2 aromatic rings. The number of anilines is 2. The first-order valence-electron chi connectivity index (χ1n) is 6.28. The van der Waals surface area contributed by atoms with Gasteiger partial charge in [-0.3, -0.25) is 0 Å². The van der Waals surface area contributed by atoms with Crippen LogP contribution in [0.25, 0.3) is 0 Å². The normalized spacial score (nSPS) is 10.3. The second-order valence-corrected chi connectivity index (χ2v) is 4.51. The van der Waals surface area contributed by atoms with Gasteiger partial charge in [0.15, 0.2) is 0 Å². The van der Waals surface area contributed by atoms with Gasteiger partial charge in [0.2, 0.25) is 0 Å². The molecule has 2 rings (SSSR count). The van der Waals surface area contributed by atoms with Gasteiger partial charge in [-0.25, -0.2) is 15.8 Å². The zero-order valence-corrected chi connectivity index (χ0v) is 11.3. The quantitative estimate of drug-likeness (QED) is 0.564. The van der Waals surface area contributed by atoms with Crippen molar-refractivity contribution in [2.45, 2.75) is 20.3 Å². The SMILES string of the molecule is Cc1cccc(CCNc2ncnc(NN)c2C)c1.